The number of hydrogen-bond acceptors (Lipinski definition) is 4. The van der Waals surface area contributed by atoms with E-state index in [1.807, 2.05) is 6.92 Å². The van der Waals surface area contributed by atoms with Gasteiger partial charge in [0.05, 0.1) is 4.90 Å². The third-order valence-electron chi connectivity index (χ3n) is 2.99. The van der Waals surface area contributed by atoms with Gasteiger partial charge in [-0.3, -0.25) is 4.98 Å². The molecule has 0 spiro atoms. The van der Waals surface area contributed by atoms with E-state index in [0.717, 1.165) is 5.56 Å². The van der Waals surface area contributed by atoms with Crippen LogP contribution in [0.1, 0.15) is 16.4 Å². The molecule has 0 bridgehead atoms. The number of nitrogens with zero attached hydrogens (tertiary/aromatic N) is 1. The van der Waals surface area contributed by atoms with Crippen molar-refractivity contribution in [3.8, 4) is 0 Å². The van der Waals surface area contributed by atoms with Crippen LogP contribution in [-0.4, -0.2) is 19.9 Å². The smallest absolute Gasteiger partial charge is 0.186 e. The van der Waals surface area contributed by atoms with Gasteiger partial charge in [0.2, 0.25) is 0 Å². The number of nitrogens with two attached hydrogens (primary N) is 1. The van der Waals surface area contributed by atoms with Crippen molar-refractivity contribution < 1.29 is 8.42 Å². The van der Waals surface area contributed by atoms with Gasteiger partial charge >= 0.3 is 0 Å². The highest BCUT2D eigenvalue weighted by atomic mass is 32.2. The Bertz CT molecular complexity index is 637. The fourth-order valence-electron chi connectivity index (χ4n) is 1.90. The van der Waals surface area contributed by atoms with Crippen molar-refractivity contribution in [1.29, 1.82) is 0 Å². The Balaban J connectivity index is 2.45. The number of hydrogen-bond donors (Lipinski definition) is 1. The second-order valence-electron chi connectivity index (χ2n) is 4.37. The predicted molar refractivity (Wildman–Crippen MR) is 74.4 cm³/mol. The minimum absolute atomic E-state index is 0.0297. The molecular formula is C14H16N2O2S. The summed E-state index contributed by atoms with van der Waals surface area (Å²) in [5, 5.41) is -0.760. The van der Waals surface area contributed by atoms with E-state index in [1.165, 1.54) is 0 Å². The van der Waals surface area contributed by atoms with Gasteiger partial charge < -0.3 is 5.73 Å². The Morgan fingerprint density at radius 1 is 1.21 bits per heavy atom. The largest absolute Gasteiger partial charge is 0.329 e. The van der Waals surface area contributed by atoms with E-state index < -0.39 is 15.1 Å². The summed E-state index contributed by atoms with van der Waals surface area (Å²) >= 11 is 0. The lowest BCUT2D eigenvalue weighted by Crippen LogP contribution is -2.22. The minimum Gasteiger partial charge on any atom is -0.329 e. The van der Waals surface area contributed by atoms with Crippen LogP contribution in [0.5, 0.6) is 0 Å². The van der Waals surface area contributed by atoms with Crippen molar-refractivity contribution in [3.05, 3.63) is 59.9 Å². The molecule has 0 unspecified atom stereocenters. The first-order valence-electron chi connectivity index (χ1n) is 5.96. The maximum Gasteiger partial charge on any atom is 0.186 e. The molecule has 0 saturated heterocycles. The van der Waals surface area contributed by atoms with Crippen molar-refractivity contribution in [2.45, 2.75) is 17.1 Å². The van der Waals surface area contributed by atoms with Crippen LogP contribution in [0.15, 0.2) is 53.7 Å². The van der Waals surface area contributed by atoms with E-state index >= 15 is 0 Å². The first kappa shape index (κ1) is 13.7. The van der Waals surface area contributed by atoms with Gasteiger partial charge in [-0.1, -0.05) is 23.8 Å². The van der Waals surface area contributed by atoms with Crippen LogP contribution in [0.4, 0.5) is 0 Å². The van der Waals surface area contributed by atoms with Gasteiger partial charge in [-0.05, 0) is 30.7 Å². The molecule has 2 aromatic rings. The van der Waals surface area contributed by atoms with Crippen LogP contribution in [0.2, 0.25) is 0 Å². The van der Waals surface area contributed by atoms with E-state index in [4.69, 9.17) is 5.73 Å². The molecule has 0 saturated carbocycles. The topological polar surface area (TPSA) is 73.0 Å². The van der Waals surface area contributed by atoms with Gasteiger partial charge in [0, 0.05) is 18.9 Å². The highest BCUT2D eigenvalue weighted by molar-refractivity contribution is 7.91. The Hall–Kier alpha value is -1.72. The molecule has 5 heteroatoms. The van der Waals surface area contributed by atoms with E-state index in [1.54, 1.807) is 48.8 Å². The van der Waals surface area contributed by atoms with E-state index in [-0.39, 0.29) is 11.4 Å². The van der Waals surface area contributed by atoms with Crippen LogP contribution in [0, 0.1) is 6.92 Å². The summed E-state index contributed by atoms with van der Waals surface area (Å²) in [6.45, 7) is 1.94. The fraction of sp³-hybridized carbons (Fsp3) is 0.214. The first-order valence-corrected chi connectivity index (χ1v) is 7.51. The van der Waals surface area contributed by atoms with Crippen molar-refractivity contribution >= 4 is 9.84 Å². The molecule has 1 heterocycles. The van der Waals surface area contributed by atoms with Crippen molar-refractivity contribution in [3.63, 3.8) is 0 Å². The quantitative estimate of drug-likeness (QED) is 0.925. The second-order valence-corrected chi connectivity index (χ2v) is 6.50. The second kappa shape index (κ2) is 5.50. The summed E-state index contributed by atoms with van der Waals surface area (Å²) in [5.74, 6) is 0. The van der Waals surface area contributed by atoms with Crippen molar-refractivity contribution in [2.75, 3.05) is 6.54 Å². The zero-order valence-electron chi connectivity index (χ0n) is 10.7. The van der Waals surface area contributed by atoms with Crippen LogP contribution in [-0.2, 0) is 9.84 Å². The Kier molecular flexibility index (Phi) is 3.97. The van der Waals surface area contributed by atoms with Gasteiger partial charge in [-0.15, -0.1) is 0 Å². The molecule has 0 aliphatic carbocycles. The average molecular weight is 276 g/mol. The summed E-state index contributed by atoms with van der Waals surface area (Å²) in [6, 6.07) is 10.2. The summed E-state index contributed by atoms with van der Waals surface area (Å²) in [7, 11) is -3.49. The SMILES string of the molecule is Cc1ccc(S(=O)(=O)[C@@H](CN)c2cccnc2)cc1. The lowest BCUT2D eigenvalue weighted by Gasteiger charge is -2.16. The van der Waals surface area contributed by atoms with E-state index in [9.17, 15) is 8.42 Å². The number of pyridine rings is 1. The molecule has 2 N–H and O–H groups in total. The van der Waals surface area contributed by atoms with Crippen LogP contribution < -0.4 is 5.73 Å². The predicted octanol–water partition coefficient (Wildman–Crippen LogP) is 1.86. The number of rotatable bonds is 4. The molecule has 1 aromatic heterocycles. The summed E-state index contributed by atoms with van der Waals surface area (Å²) in [4.78, 5) is 4.24. The van der Waals surface area contributed by atoms with Crippen LogP contribution in [0.3, 0.4) is 0 Å². The maximum absolute atomic E-state index is 12.6. The molecule has 0 fully saturated rings. The number of benzene rings is 1. The van der Waals surface area contributed by atoms with Gasteiger partial charge in [-0.25, -0.2) is 8.42 Å². The first-order chi connectivity index (χ1) is 9.05. The molecule has 4 nitrogen and oxygen atoms in total. The van der Waals surface area contributed by atoms with Crippen LogP contribution >= 0.6 is 0 Å². The summed E-state index contributed by atoms with van der Waals surface area (Å²) in [6.07, 6.45) is 3.15. The maximum atomic E-state index is 12.6. The van der Waals surface area contributed by atoms with Gasteiger partial charge in [0.25, 0.3) is 0 Å². The Morgan fingerprint density at radius 3 is 2.42 bits per heavy atom. The lowest BCUT2D eigenvalue weighted by molar-refractivity contribution is 0.582. The van der Waals surface area contributed by atoms with Gasteiger partial charge in [0.15, 0.2) is 9.84 Å². The number of sulfone groups is 1. The Labute approximate surface area is 113 Å². The average Bonchev–Trinajstić information content (AvgIpc) is 2.41. The monoisotopic (exact) mass is 276 g/mol. The molecule has 0 aliphatic rings. The zero-order valence-corrected chi connectivity index (χ0v) is 11.5. The lowest BCUT2D eigenvalue weighted by atomic mass is 10.2. The van der Waals surface area contributed by atoms with E-state index in [0.29, 0.717) is 5.56 Å². The third-order valence-corrected chi connectivity index (χ3v) is 5.14. The molecular weight excluding hydrogens is 260 g/mol. The molecule has 2 rings (SSSR count). The van der Waals surface area contributed by atoms with Crippen molar-refractivity contribution in [1.82, 2.24) is 4.98 Å². The van der Waals surface area contributed by atoms with Gasteiger partial charge in [-0.2, -0.15) is 0 Å². The molecule has 19 heavy (non-hydrogen) atoms. The molecule has 0 amide bonds. The molecule has 0 aliphatic heterocycles. The molecule has 0 radical (unpaired) electrons. The van der Waals surface area contributed by atoms with E-state index in [2.05, 4.69) is 4.98 Å². The highest BCUT2D eigenvalue weighted by Gasteiger charge is 2.27. The minimum atomic E-state index is -3.49. The van der Waals surface area contributed by atoms with Gasteiger partial charge in [0.1, 0.15) is 5.25 Å². The zero-order chi connectivity index (χ0) is 13.9. The summed E-state index contributed by atoms with van der Waals surface area (Å²) < 4.78 is 25.1. The molecule has 1 atom stereocenters. The number of aromatic nitrogens is 1. The molecule has 100 valence electrons. The standard InChI is InChI=1S/C14H16N2O2S/c1-11-4-6-13(7-5-11)19(17,18)14(9-15)12-3-2-8-16-10-12/h2-8,10,14H,9,15H2,1H3/t14-/m0/s1. The third kappa shape index (κ3) is 2.83. The van der Waals surface area contributed by atoms with Crippen LogP contribution in [0.25, 0.3) is 0 Å². The highest BCUT2D eigenvalue weighted by Crippen LogP contribution is 2.27. The van der Waals surface area contributed by atoms with Crippen molar-refractivity contribution in [2.24, 2.45) is 5.73 Å². The fourth-order valence-corrected chi connectivity index (χ4v) is 3.50. The number of aryl methyl sites for hydroxylation is 1. The summed E-state index contributed by atoms with van der Waals surface area (Å²) in [5.41, 5.74) is 7.29. The normalized spacial score (nSPS) is 13.2. The molecule has 1 aromatic carbocycles. The Morgan fingerprint density at radius 2 is 1.89 bits per heavy atom.